The largest absolute Gasteiger partial charge is 0.726 e. The Kier molecular flexibility index (Phi) is 4.56. The van der Waals surface area contributed by atoms with Crippen molar-refractivity contribution in [3.63, 3.8) is 0 Å². The Bertz CT molecular complexity index is 1000. The molecule has 0 radical (unpaired) electrons. The molecule has 0 aromatic carbocycles. The van der Waals surface area contributed by atoms with Crippen molar-refractivity contribution in [1.82, 2.24) is 20.6 Å². The van der Waals surface area contributed by atoms with E-state index in [1.54, 1.807) is 0 Å². The lowest BCUT2D eigenvalue weighted by Crippen LogP contribution is -2.60. The molecule has 1 aromatic heterocycles. The highest BCUT2D eigenvalue weighted by Gasteiger charge is 2.51. The molecule has 0 aliphatic carbocycles. The van der Waals surface area contributed by atoms with E-state index in [9.17, 15) is 27.7 Å². The van der Waals surface area contributed by atoms with Crippen LogP contribution in [0.2, 0.25) is 0 Å². The van der Waals surface area contributed by atoms with Gasteiger partial charge in [-0.3, -0.25) is 29.2 Å². The Morgan fingerprint density at radius 1 is 1.32 bits per heavy atom. The van der Waals surface area contributed by atoms with E-state index < -0.39 is 39.9 Å². The predicted molar refractivity (Wildman–Crippen MR) is 93.4 cm³/mol. The van der Waals surface area contributed by atoms with Gasteiger partial charge >= 0.3 is 11.6 Å². The minimum atomic E-state index is -4.83. The zero-order valence-corrected chi connectivity index (χ0v) is 15.7. The van der Waals surface area contributed by atoms with E-state index in [0.29, 0.717) is 25.3 Å². The van der Waals surface area contributed by atoms with Crippen LogP contribution in [-0.4, -0.2) is 69.4 Å². The van der Waals surface area contributed by atoms with Crippen molar-refractivity contribution in [3.8, 4) is 0 Å². The minimum Gasteiger partial charge on any atom is -0.726 e. The summed E-state index contributed by atoms with van der Waals surface area (Å²) >= 11 is 0. The van der Waals surface area contributed by atoms with Gasteiger partial charge in [0, 0.05) is 24.8 Å². The molecule has 4 heterocycles. The van der Waals surface area contributed by atoms with Crippen molar-refractivity contribution < 1.29 is 26.8 Å². The van der Waals surface area contributed by atoms with Gasteiger partial charge in [0.2, 0.25) is 10.4 Å². The summed E-state index contributed by atoms with van der Waals surface area (Å²) < 4.78 is 40.2. The number of hydrogen-bond donors (Lipinski definition) is 5. The highest BCUT2D eigenvalue weighted by molar-refractivity contribution is 7.80. The van der Waals surface area contributed by atoms with Crippen LogP contribution in [0.3, 0.4) is 0 Å². The first-order chi connectivity index (χ1) is 13.1. The first-order valence-corrected chi connectivity index (χ1v) is 10.3. The standard InChI is InChI=1S/C15H21N5O7S/c1-6-10-5-16-14-17-8(13(22)9-4-12(21)19-15(23)18-9)2-7(20(10)14)3-11(6)27-28(24,25)26/h4,6-8,10-11,13,22H,2-3,5H2,1H3,(H4,16,17,18,19,21,23,24,25,26)/t6-,7+,8-,10-,11+,13+/m1/s1. The molecular formula is C15H21N5O7S. The summed E-state index contributed by atoms with van der Waals surface area (Å²) in [7, 11) is -4.83. The first kappa shape index (κ1) is 19.1. The number of aliphatic hydroxyl groups excluding tert-OH is 1. The van der Waals surface area contributed by atoms with Crippen molar-refractivity contribution >= 4 is 16.4 Å². The van der Waals surface area contributed by atoms with Gasteiger partial charge in [-0.25, -0.2) is 13.2 Å². The van der Waals surface area contributed by atoms with Gasteiger partial charge in [-0.15, -0.1) is 0 Å². The number of nitrogens with zero attached hydrogens (tertiary/aromatic N) is 1. The Morgan fingerprint density at radius 3 is 2.75 bits per heavy atom. The third-order valence-electron chi connectivity index (χ3n) is 5.76. The average Bonchev–Trinajstić information content (AvgIpc) is 3.01. The summed E-state index contributed by atoms with van der Waals surface area (Å²) in [6.07, 6.45) is -1.25. The number of aromatic nitrogens is 2. The van der Waals surface area contributed by atoms with Gasteiger partial charge in [-0.05, 0) is 0 Å². The van der Waals surface area contributed by atoms with Crippen molar-refractivity contribution in [2.45, 2.75) is 50.1 Å². The van der Waals surface area contributed by atoms with Crippen LogP contribution < -0.4 is 21.9 Å². The summed E-state index contributed by atoms with van der Waals surface area (Å²) in [5.41, 5.74) is -1.26. The summed E-state index contributed by atoms with van der Waals surface area (Å²) in [6, 6.07) is 0.324. The number of hydrogen-bond acceptors (Lipinski definition) is 9. The summed E-state index contributed by atoms with van der Waals surface area (Å²) in [5, 5.41) is 17.1. The molecule has 1 fully saturated rings. The van der Waals surface area contributed by atoms with Crippen molar-refractivity contribution in [3.05, 3.63) is 32.6 Å². The smallest absolute Gasteiger partial charge is 0.346 e. The number of aliphatic hydroxyl groups is 1. The third-order valence-corrected chi connectivity index (χ3v) is 6.24. The highest BCUT2D eigenvalue weighted by Crippen LogP contribution is 2.35. The second-order valence-corrected chi connectivity index (χ2v) is 8.48. The van der Waals surface area contributed by atoms with E-state index >= 15 is 0 Å². The monoisotopic (exact) mass is 415 g/mol. The van der Waals surface area contributed by atoms with Crippen LogP contribution in [0.25, 0.3) is 0 Å². The van der Waals surface area contributed by atoms with Gasteiger partial charge < -0.3 is 14.6 Å². The molecule has 0 unspecified atom stereocenters. The molecule has 0 spiro atoms. The van der Waals surface area contributed by atoms with E-state index in [0.717, 1.165) is 6.07 Å². The number of H-pyrrole nitrogens is 2. The van der Waals surface area contributed by atoms with Gasteiger partial charge in [0.1, 0.15) is 18.2 Å². The third kappa shape index (κ3) is 3.45. The van der Waals surface area contributed by atoms with Gasteiger partial charge in [-0.2, -0.15) is 0 Å². The molecular weight excluding hydrogens is 394 g/mol. The van der Waals surface area contributed by atoms with Crippen LogP contribution in [0.5, 0.6) is 0 Å². The van der Waals surface area contributed by atoms with Crippen LogP contribution in [0, 0.1) is 5.92 Å². The van der Waals surface area contributed by atoms with E-state index in [4.69, 9.17) is 4.18 Å². The zero-order valence-electron chi connectivity index (χ0n) is 14.9. The molecule has 28 heavy (non-hydrogen) atoms. The fraction of sp³-hybridized carbons (Fsp3) is 0.667. The van der Waals surface area contributed by atoms with Crippen molar-refractivity contribution in [1.29, 1.82) is 0 Å². The SMILES string of the molecule is C[C@H]1[C@@H](OS(=O)(=O)[O-])C[C@@H]2C[C@H]([C@H](O)c3cc(=O)[nH]c(=O)[nH]3)NC3=[N+]2[C@@H]1CN3. The average molecular weight is 415 g/mol. The van der Waals surface area contributed by atoms with Crippen LogP contribution in [0.15, 0.2) is 15.7 Å². The molecule has 12 nitrogen and oxygen atoms in total. The molecule has 3 aliphatic heterocycles. The lowest BCUT2D eigenvalue weighted by atomic mass is 9.82. The number of guanidine groups is 1. The number of rotatable bonds is 4. The van der Waals surface area contributed by atoms with E-state index in [2.05, 4.69) is 20.2 Å². The molecule has 0 amide bonds. The van der Waals surface area contributed by atoms with Gasteiger partial charge in [-0.1, -0.05) is 6.92 Å². The molecule has 154 valence electrons. The van der Waals surface area contributed by atoms with Gasteiger partial charge in [0.15, 0.2) is 0 Å². The van der Waals surface area contributed by atoms with E-state index in [1.807, 2.05) is 11.9 Å². The first-order valence-electron chi connectivity index (χ1n) is 8.94. The minimum absolute atomic E-state index is 0.0644. The quantitative estimate of drug-likeness (QED) is 0.195. The number of nitrogens with one attached hydrogen (secondary N) is 4. The van der Waals surface area contributed by atoms with Crippen molar-refractivity contribution in [2.24, 2.45) is 5.92 Å². The summed E-state index contributed by atoms with van der Waals surface area (Å²) in [5.74, 6) is 0.491. The maximum absolute atomic E-state index is 11.5. The summed E-state index contributed by atoms with van der Waals surface area (Å²) in [4.78, 5) is 27.5. The van der Waals surface area contributed by atoms with Crippen LogP contribution in [0.4, 0.5) is 0 Å². The highest BCUT2D eigenvalue weighted by atomic mass is 32.3. The molecule has 1 aromatic rings. The molecule has 3 aliphatic rings. The van der Waals surface area contributed by atoms with Crippen LogP contribution >= 0.6 is 0 Å². The Balaban J connectivity index is 1.61. The second-order valence-electron chi connectivity index (χ2n) is 7.47. The molecule has 0 bridgehead atoms. The van der Waals surface area contributed by atoms with Crippen LogP contribution in [-0.2, 0) is 14.6 Å². The van der Waals surface area contributed by atoms with E-state index in [1.165, 1.54) is 0 Å². The fourth-order valence-corrected chi connectivity index (χ4v) is 5.06. The maximum Gasteiger partial charge on any atom is 0.346 e. The predicted octanol–water partition coefficient (Wildman–Crippen LogP) is -2.95. The molecule has 6 atom stereocenters. The summed E-state index contributed by atoms with van der Waals surface area (Å²) in [6.45, 7) is 2.37. The maximum atomic E-state index is 11.5. The Labute approximate surface area is 159 Å². The molecule has 5 N–H and O–H groups in total. The topological polar surface area (TPSA) is 179 Å². The normalized spacial score (nSPS) is 33.0. The van der Waals surface area contributed by atoms with Gasteiger partial charge in [0.05, 0.1) is 24.4 Å². The van der Waals surface area contributed by atoms with E-state index in [-0.39, 0.29) is 23.7 Å². The Morgan fingerprint density at radius 2 is 2.07 bits per heavy atom. The van der Waals surface area contributed by atoms with Crippen LogP contribution in [0.1, 0.15) is 31.6 Å². The lowest BCUT2D eigenvalue weighted by Gasteiger charge is -2.42. The van der Waals surface area contributed by atoms with Gasteiger partial charge in [0.25, 0.3) is 5.56 Å². The lowest BCUT2D eigenvalue weighted by molar-refractivity contribution is -0.621. The van der Waals surface area contributed by atoms with Crippen molar-refractivity contribution in [2.75, 3.05) is 6.54 Å². The molecule has 13 heteroatoms. The Hall–Kier alpha value is -2.22. The number of aromatic amines is 2. The number of piperidine rings is 1. The second kappa shape index (κ2) is 6.69. The molecule has 0 saturated carbocycles. The molecule has 1 saturated heterocycles. The molecule has 4 rings (SSSR count). The fourth-order valence-electron chi connectivity index (χ4n) is 4.51. The zero-order chi connectivity index (χ0) is 20.2.